The average Bonchev–Trinajstić information content (AvgIpc) is 2.18. The summed E-state index contributed by atoms with van der Waals surface area (Å²) in [5, 5.41) is 7.85. The Hall–Kier alpha value is -0.563. The molecule has 0 heterocycles. The zero-order valence-electron chi connectivity index (χ0n) is 11.6. The highest BCUT2D eigenvalue weighted by Gasteiger charge is 2.39. The molecule has 5 heteroatoms. The fraction of sp³-hybridized carbons (Fsp3) is 0.462. The lowest BCUT2D eigenvalue weighted by molar-refractivity contribution is 0.492. The summed E-state index contributed by atoms with van der Waals surface area (Å²) in [6.45, 7) is 11.0. The molecule has 0 unspecified atom stereocenters. The maximum absolute atomic E-state index is 7.69. The normalized spacial score (nSPS) is 12.3. The van der Waals surface area contributed by atoms with Gasteiger partial charge in [0.2, 0.25) is 8.32 Å². The van der Waals surface area contributed by atoms with Gasteiger partial charge in [-0.1, -0.05) is 20.8 Å². The summed E-state index contributed by atoms with van der Waals surface area (Å²) < 4.78 is 6.63. The van der Waals surface area contributed by atoms with Gasteiger partial charge in [0.25, 0.3) is 0 Å². The third-order valence-electron chi connectivity index (χ3n) is 3.44. The first kappa shape index (κ1) is 15.5. The van der Waals surface area contributed by atoms with Gasteiger partial charge < -0.3 is 10.2 Å². The number of nitrogens with two attached hydrogens (primary N) is 1. The van der Waals surface area contributed by atoms with Gasteiger partial charge in [0, 0.05) is 11.3 Å². The number of nitrogen functional groups attached to an aromatic ring is 1. The fourth-order valence-electron chi connectivity index (χ4n) is 1.24. The second-order valence-corrected chi connectivity index (χ2v) is 11.7. The molecule has 0 saturated heterocycles. The number of rotatable bonds is 3. The molecule has 0 fully saturated rings. The SMILES string of the molecule is CC(C)(C)[Si](C)(C)Oc1ccc(N)c(C(=N)I)c1. The van der Waals surface area contributed by atoms with Gasteiger partial charge in [0.15, 0.2) is 0 Å². The van der Waals surface area contributed by atoms with Crippen LogP contribution in [0.15, 0.2) is 18.2 Å². The second kappa shape index (κ2) is 5.20. The molecule has 3 nitrogen and oxygen atoms in total. The van der Waals surface area contributed by atoms with Crippen molar-refractivity contribution in [3.8, 4) is 5.75 Å². The van der Waals surface area contributed by atoms with Crippen LogP contribution in [0.25, 0.3) is 0 Å². The lowest BCUT2D eigenvalue weighted by atomic mass is 10.2. The van der Waals surface area contributed by atoms with Crippen LogP contribution in [0.3, 0.4) is 0 Å². The molecule has 1 rings (SSSR count). The van der Waals surface area contributed by atoms with Crippen molar-refractivity contribution in [2.24, 2.45) is 0 Å². The van der Waals surface area contributed by atoms with Crippen molar-refractivity contribution in [3.63, 3.8) is 0 Å². The smallest absolute Gasteiger partial charge is 0.250 e. The Bertz CT molecular complexity index is 467. The molecular weight excluding hydrogens is 355 g/mol. The first-order chi connectivity index (χ1) is 8.04. The van der Waals surface area contributed by atoms with Crippen LogP contribution in [-0.4, -0.2) is 12.0 Å². The van der Waals surface area contributed by atoms with Gasteiger partial charge >= 0.3 is 0 Å². The summed E-state index contributed by atoms with van der Waals surface area (Å²) >= 11 is 1.96. The lowest BCUT2D eigenvalue weighted by Crippen LogP contribution is -2.43. The van der Waals surface area contributed by atoms with Crippen molar-refractivity contribution in [1.29, 1.82) is 5.41 Å². The van der Waals surface area contributed by atoms with Crippen LogP contribution >= 0.6 is 22.6 Å². The molecular formula is C13H21IN2OSi. The first-order valence-electron chi connectivity index (χ1n) is 5.87. The third kappa shape index (κ3) is 3.47. The van der Waals surface area contributed by atoms with Crippen LogP contribution in [0, 0.1) is 5.41 Å². The van der Waals surface area contributed by atoms with E-state index in [0.717, 1.165) is 11.3 Å². The predicted octanol–water partition coefficient (Wildman–Crippen LogP) is 4.41. The molecule has 0 aliphatic rings. The van der Waals surface area contributed by atoms with Crippen LogP contribution in [0.4, 0.5) is 5.69 Å². The van der Waals surface area contributed by atoms with Crippen LogP contribution in [-0.2, 0) is 0 Å². The number of hydrogen-bond donors (Lipinski definition) is 2. The molecule has 0 bridgehead atoms. The number of nitrogens with one attached hydrogen (secondary N) is 1. The van der Waals surface area contributed by atoms with E-state index < -0.39 is 8.32 Å². The Morgan fingerprint density at radius 2 is 1.89 bits per heavy atom. The standard InChI is InChI=1S/C13H21IN2OSi/c1-13(2,3)18(4,5)17-9-6-7-11(15)10(8-9)12(14)16/h6-8,16H,15H2,1-5H3. The molecule has 3 N–H and O–H groups in total. The van der Waals surface area contributed by atoms with Gasteiger partial charge in [-0.25, -0.2) is 0 Å². The largest absolute Gasteiger partial charge is 0.543 e. The summed E-state index contributed by atoms with van der Waals surface area (Å²) in [6, 6.07) is 5.56. The molecule has 0 aliphatic carbocycles. The highest BCUT2D eigenvalue weighted by molar-refractivity contribution is 14.1. The van der Waals surface area contributed by atoms with Crippen molar-refractivity contribution in [2.45, 2.75) is 38.9 Å². The summed E-state index contributed by atoms with van der Waals surface area (Å²) in [7, 11) is -1.83. The Kier molecular flexibility index (Phi) is 4.48. The minimum atomic E-state index is -1.83. The molecule has 0 spiro atoms. The zero-order valence-corrected chi connectivity index (χ0v) is 14.8. The summed E-state index contributed by atoms with van der Waals surface area (Å²) in [5.74, 6) is 0.812. The van der Waals surface area contributed by atoms with Gasteiger partial charge in [0.1, 0.15) is 9.47 Å². The Balaban J connectivity index is 3.07. The molecule has 0 radical (unpaired) electrons. The Morgan fingerprint density at radius 3 is 2.33 bits per heavy atom. The van der Waals surface area contributed by atoms with E-state index in [2.05, 4.69) is 33.9 Å². The minimum absolute atomic E-state index is 0.159. The Labute approximate surface area is 124 Å². The predicted molar refractivity (Wildman–Crippen MR) is 89.5 cm³/mol. The van der Waals surface area contributed by atoms with E-state index in [1.807, 2.05) is 40.8 Å². The number of hydrogen-bond acceptors (Lipinski definition) is 3. The average molecular weight is 376 g/mol. The monoisotopic (exact) mass is 376 g/mol. The summed E-state index contributed by atoms with van der Waals surface area (Å²) in [5.41, 5.74) is 7.21. The van der Waals surface area contributed by atoms with Crippen molar-refractivity contribution in [2.75, 3.05) is 5.73 Å². The number of halogens is 1. The van der Waals surface area contributed by atoms with Crippen LogP contribution in [0.2, 0.25) is 18.1 Å². The summed E-state index contributed by atoms with van der Waals surface area (Å²) in [6.07, 6.45) is 0. The van der Waals surface area contributed by atoms with E-state index in [1.165, 1.54) is 0 Å². The van der Waals surface area contributed by atoms with Crippen molar-refractivity contribution in [3.05, 3.63) is 23.8 Å². The highest BCUT2D eigenvalue weighted by Crippen LogP contribution is 2.37. The fourth-order valence-corrected chi connectivity index (χ4v) is 2.73. The molecule has 1 aromatic carbocycles. The van der Waals surface area contributed by atoms with Crippen LogP contribution < -0.4 is 10.2 Å². The van der Waals surface area contributed by atoms with E-state index >= 15 is 0 Å². The van der Waals surface area contributed by atoms with Gasteiger partial charge in [-0.15, -0.1) is 0 Å². The third-order valence-corrected chi connectivity index (χ3v) is 8.38. The molecule has 0 saturated carbocycles. The van der Waals surface area contributed by atoms with E-state index in [-0.39, 0.29) is 5.04 Å². The molecule has 0 aliphatic heterocycles. The minimum Gasteiger partial charge on any atom is -0.543 e. The van der Waals surface area contributed by atoms with E-state index in [4.69, 9.17) is 15.6 Å². The topological polar surface area (TPSA) is 59.1 Å². The molecule has 18 heavy (non-hydrogen) atoms. The van der Waals surface area contributed by atoms with Crippen molar-refractivity contribution in [1.82, 2.24) is 0 Å². The lowest BCUT2D eigenvalue weighted by Gasteiger charge is -2.36. The quantitative estimate of drug-likeness (QED) is 0.355. The van der Waals surface area contributed by atoms with Crippen LogP contribution in [0.5, 0.6) is 5.75 Å². The number of anilines is 1. The molecule has 0 aromatic heterocycles. The zero-order chi connectivity index (χ0) is 14.1. The van der Waals surface area contributed by atoms with E-state index in [0.29, 0.717) is 9.41 Å². The van der Waals surface area contributed by atoms with E-state index in [9.17, 15) is 0 Å². The number of benzene rings is 1. The van der Waals surface area contributed by atoms with Gasteiger partial charge in [0.05, 0.1) is 0 Å². The van der Waals surface area contributed by atoms with Gasteiger partial charge in [-0.2, -0.15) is 0 Å². The molecule has 100 valence electrons. The van der Waals surface area contributed by atoms with E-state index in [1.54, 1.807) is 0 Å². The second-order valence-electron chi connectivity index (χ2n) is 5.93. The van der Waals surface area contributed by atoms with Gasteiger partial charge in [-0.05, 0) is 58.9 Å². The first-order valence-corrected chi connectivity index (χ1v) is 9.86. The van der Waals surface area contributed by atoms with Crippen molar-refractivity contribution < 1.29 is 4.43 Å². The molecule has 1 aromatic rings. The van der Waals surface area contributed by atoms with Crippen molar-refractivity contribution >= 4 is 40.3 Å². The van der Waals surface area contributed by atoms with Crippen LogP contribution in [0.1, 0.15) is 26.3 Å². The Morgan fingerprint density at radius 1 is 1.33 bits per heavy atom. The molecule has 0 amide bonds. The molecule has 0 atom stereocenters. The highest BCUT2D eigenvalue weighted by atomic mass is 127. The van der Waals surface area contributed by atoms with Gasteiger partial charge in [-0.3, -0.25) is 5.41 Å². The maximum atomic E-state index is 7.69. The maximum Gasteiger partial charge on any atom is 0.250 e. The summed E-state index contributed by atoms with van der Waals surface area (Å²) in [4.78, 5) is 0.